The molecule has 0 N–H and O–H groups in total. The Kier molecular flexibility index (Phi) is 5.48. The highest BCUT2D eigenvalue weighted by Crippen LogP contribution is 2.27. The lowest BCUT2D eigenvalue weighted by atomic mass is 10.3. The number of thioether (sulfide) groups is 1. The van der Waals surface area contributed by atoms with Crippen molar-refractivity contribution in [2.24, 2.45) is 0 Å². The fourth-order valence-electron chi connectivity index (χ4n) is 1.51. The fourth-order valence-corrected chi connectivity index (χ4v) is 3.90. The van der Waals surface area contributed by atoms with Crippen LogP contribution >= 0.6 is 39.0 Å². The molecule has 0 atom stereocenters. The summed E-state index contributed by atoms with van der Waals surface area (Å²) in [5, 5.41) is 1.92. The largest absolute Gasteiger partial charge is 0.494 e. The van der Waals surface area contributed by atoms with Crippen molar-refractivity contribution in [1.29, 1.82) is 0 Å². The predicted molar refractivity (Wildman–Crippen MR) is 84.7 cm³/mol. The van der Waals surface area contributed by atoms with E-state index in [1.807, 2.05) is 42.6 Å². The summed E-state index contributed by atoms with van der Waals surface area (Å²) in [5.41, 5.74) is 0. The molecule has 2 aromatic rings. The first-order chi connectivity index (χ1) is 9.20. The van der Waals surface area contributed by atoms with Crippen LogP contribution in [0.2, 0.25) is 0 Å². The van der Waals surface area contributed by atoms with E-state index in [1.165, 1.54) is 11.3 Å². The maximum atomic E-state index is 12.0. The number of carbonyl (C=O) groups is 1. The van der Waals surface area contributed by atoms with Crippen LogP contribution < -0.4 is 4.74 Å². The van der Waals surface area contributed by atoms with Crippen LogP contribution in [-0.2, 0) is 0 Å². The first-order valence-corrected chi connectivity index (χ1v) is 8.48. The average Bonchev–Trinajstić information content (AvgIpc) is 2.84. The number of thiophene rings is 1. The Hall–Kier alpha value is -0.780. The lowest BCUT2D eigenvalue weighted by Gasteiger charge is -2.04. The zero-order valence-corrected chi connectivity index (χ0v) is 13.6. The van der Waals surface area contributed by atoms with Crippen LogP contribution in [-0.4, -0.2) is 18.1 Å². The Morgan fingerprint density at radius 3 is 2.63 bits per heavy atom. The Morgan fingerprint density at radius 1 is 1.32 bits per heavy atom. The van der Waals surface area contributed by atoms with Crippen molar-refractivity contribution in [3.05, 3.63) is 45.1 Å². The van der Waals surface area contributed by atoms with Crippen molar-refractivity contribution in [1.82, 2.24) is 0 Å². The summed E-state index contributed by atoms with van der Waals surface area (Å²) in [4.78, 5) is 13.9. The first-order valence-electron chi connectivity index (χ1n) is 5.82. The van der Waals surface area contributed by atoms with E-state index in [4.69, 9.17) is 4.74 Å². The number of rotatable bonds is 6. The molecular formula is C14H13BrO2S2. The van der Waals surface area contributed by atoms with Crippen molar-refractivity contribution in [3.63, 3.8) is 0 Å². The van der Waals surface area contributed by atoms with Gasteiger partial charge in [-0.3, -0.25) is 4.79 Å². The van der Waals surface area contributed by atoms with Gasteiger partial charge < -0.3 is 4.74 Å². The summed E-state index contributed by atoms with van der Waals surface area (Å²) in [6.45, 7) is 2.62. The highest BCUT2D eigenvalue weighted by molar-refractivity contribution is 9.10. The molecule has 1 aromatic carbocycles. The van der Waals surface area contributed by atoms with Crippen LogP contribution in [0.25, 0.3) is 0 Å². The van der Waals surface area contributed by atoms with Crippen molar-refractivity contribution in [2.45, 2.75) is 11.8 Å². The molecule has 5 heteroatoms. The molecule has 0 aliphatic heterocycles. The Balaban J connectivity index is 1.92. The minimum Gasteiger partial charge on any atom is -0.494 e. The molecule has 2 nitrogen and oxygen atoms in total. The molecular weight excluding hydrogens is 344 g/mol. The van der Waals surface area contributed by atoms with Gasteiger partial charge in [0, 0.05) is 9.37 Å². The van der Waals surface area contributed by atoms with E-state index >= 15 is 0 Å². The molecule has 0 unspecified atom stereocenters. The molecule has 1 aromatic heterocycles. The van der Waals surface area contributed by atoms with Gasteiger partial charge in [-0.05, 0) is 58.6 Å². The van der Waals surface area contributed by atoms with Crippen LogP contribution in [0.1, 0.15) is 16.6 Å². The third-order valence-electron chi connectivity index (χ3n) is 2.38. The molecule has 0 bridgehead atoms. The maximum Gasteiger partial charge on any atom is 0.184 e. The van der Waals surface area contributed by atoms with E-state index in [0.29, 0.717) is 12.4 Å². The Morgan fingerprint density at radius 2 is 2.05 bits per heavy atom. The SMILES string of the molecule is CCOc1ccc(SCC(=O)c2sccc2Br)cc1. The minimum absolute atomic E-state index is 0.153. The maximum absolute atomic E-state index is 12.0. The molecule has 0 saturated heterocycles. The molecule has 0 aliphatic carbocycles. The highest BCUT2D eigenvalue weighted by atomic mass is 79.9. The molecule has 0 spiro atoms. The van der Waals surface area contributed by atoms with Gasteiger partial charge in [-0.2, -0.15) is 0 Å². The molecule has 0 saturated carbocycles. The average molecular weight is 357 g/mol. The normalized spacial score (nSPS) is 10.4. The van der Waals surface area contributed by atoms with E-state index in [1.54, 1.807) is 11.8 Å². The number of hydrogen-bond donors (Lipinski definition) is 0. The van der Waals surface area contributed by atoms with E-state index in [-0.39, 0.29) is 5.78 Å². The summed E-state index contributed by atoms with van der Waals surface area (Å²) >= 11 is 6.40. The second-order valence-electron chi connectivity index (χ2n) is 3.71. The second kappa shape index (κ2) is 7.12. The predicted octanol–water partition coefficient (Wildman–Crippen LogP) is 4.88. The lowest BCUT2D eigenvalue weighted by Crippen LogP contribution is -2.00. The number of halogens is 1. The number of benzene rings is 1. The number of ketones is 1. The number of Topliss-reactive ketones (excluding diaryl/α,β-unsaturated/α-hetero) is 1. The highest BCUT2D eigenvalue weighted by Gasteiger charge is 2.11. The van der Waals surface area contributed by atoms with Crippen LogP contribution in [0.3, 0.4) is 0 Å². The van der Waals surface area contributed by atoms with Gasteiger partial charge in [0.1, 0.15) is 5.75 Å². The first kappa shape index (κ1) is 14.6. The lowest BCUT2D eigenvalue weighted by molar-refractivity contribution is 0.102. The minimum atomic E-state index is 0.153. The van der Waals surface area contributed by atoms with Gasteiger partial charge in [0.15, 0.2) is 5.78 Å². The van der Waals surface area contributed by atoms with E-state index < -0.39 is 0 Å². The Bertz CT molecular complexity index is 549. The summed E-state index contributed by atoms with van der Waals surface area (Å²) in [7, 11) is 0. The van der Waals surface area contributed by atoms with Gasteiger partial charge in [-0.25, -0.2) is 0 Å². The van der Waals surface area contributed by atoms with Crippen molar-refractivity contribution < 1.29 is 9.53 Å². The third kappa shape index (κ3) is 4.09. The van der Waals surface area contributed by atoms with Crippen molar-refractivity contribution in [3.8, 4) is 5.75 Å². The number of ether oxygens (including phenoxy) is 1. The van der Waals surface area contributed by atoms with Gasteiger partial charge in [0.25, 0.3) is 0 Å². The Labute approximate surface area is 129 Å². The van der Waals surface area contributed by atoms with Crippen molar-refractivity contribution >= 4 is 44.8 Å². The van der Waals surface area contributed by atoms with E-state index in [2.05, 4.69) is 15.9 Å². The molecule has 0 amide bonds. The third-order valence-corrected chi connectivity index (χ3v) is 5.27. The van der Waals surface area contributed by atoms with Crippen LogP contribution in [0, 0.1) is 0 Å². The molecule has 0 radical (unpaired) electrons. The van der Waals surface area contributed by atoms with E-state index in [0.717, 1.165) is 20.0 Å². The van der Waals surface area contributed by atoms with Crippen LogP contribution in [0.4, 0.5) is 0 Å². The zero-order chi connectivity index (χ0) is 13.7. The smallest absolute Gasteiger partial charge is 0.184 e. The molecule has 0 fully saturated rings. The summed E-state index contributed by atoms with van der Waals surface area (Å²) in [6.07, 6.45) is 0. The van der Waals surface area contributed by atoms with Gasteiger partial charge in [-0.15, -0.1) is 23.1 Å². The van der Waals surface area contributed by atoms with Gasteiger partial charge in [-0.1, -0.05) is 0 Å². The van der Waals surface area contributed by atoms with Crippen LogP contribution in [0.5, 0.6) is 5.75 Å². The van der Waals surface area contributed by atoms with E-state index in [9.17, 15) is 4.79 Å². The fraction of sp³-hybridized carbons (Fsp3) is 0.214. The van der Waals surface area contributed by atoms with Gasteiger partial charge >= 0.3 is 0 Å². The molecule has 1 heterocycles. The summed E-state index contributed by atoms with van der Waals surface area (Å²) in [6, 6.07) is 9.72. The topological polar surface area (TPSA) is 26.3 Å². The molecule has 2 rings (SSSR count). The number of carbonyl (C=O) groups excluding carboxylic acids is 1. The summed E-state index contributed by atoms with van der Waals surface area (Å²) in [5.74, 6) is 1.47. The molecule has 0 aliphatic rings. The zero-order valence-electron chi connectivity index (χ0n) is 10.4. The van der Waals surface area contributed by atoms with Crippen molar-refractivity contribution in [2.75, 3.05) is 12.4 Å². The standard InChI is InChI=1S/C14H13BrO2S2/c1-2-17-10-3-5-11(6-4-10)19-9-13(16)14-12(15)7-8-18-14/h3-8H,2,9H2,1H3. The summed E-state index contributed by atoms with van der Waals surface area (Å²) < 4.78 is 6.26. The number of hydrogen-bond acceptors (Lipinski definition) is 4. The quantitative estimate of drug-likeness (QED) is 0.544. The molecule has 100 valence electrons. The second-order valence-corrected chi connectivity index (χ2v) is 6.53. The monoisotopic (exact) mass is 356 g/mol. The molecule has 19 heavy (non-hydrogen) atoms. The van der Waals surface area contributed by atoms with Gasteiger partial charge in [0.05, 0.1) is 17.2 Å². The van der Waals surface area contributed by atoms with Crippen LogP contribution in [0.15, 0.2) is 45.1 Å². The van der Waals surface area contributed by atoms with Gasteiger partial charge in [0.2, 0.25) is 0 Å².